The zero-order valence-corrected chi connectivity index (χ0v) is 10.6. The highest BCUT2D eigenvalue weighted by molar-refractivity contribution is 6.05. The lowest BCUT2D eigenvalue weighted by Crippen LogP contribution is -2.13. The summed E-state index contributed by atoms with van der Waals surface area (Å²) in [4.78, 5) is 32.3. The van der Waals surface area contributed by atoms with Crippen LogP contribution >= 0.6 is 0 Å². The number of anilines is 1. The zero-order chi connectivity index (χ0) is 15.4. The molecule has 1 amide bonds. The van der Waals surface area contributed by atoms with Gasteiger partial charge in [-0.3, -0.25) is 25.0 Å². The first kappa shape index (κ1) is 14.1. The molecule has 0 spiro atoms. The number of hydrogen-bond acceptors (Lipinski definition) is 5. The Labute approximate surface area is 118 Å². The maximum Gasteiger partial charge on any atom is 0.292 e. The Balaban J connectivity index is 2.28. The van der Waals surface area contributed by atoms with Crippen LogP contribution in [-0.2, 0) is 0 Å². The minimum absolute atomic E-state index is 0.0269. The van der Waals surface area contributed by atoms with Crippen molar-refractivity contribution in [3.05, 3.63) is 74.3 Å². The lowest BCUT2D eigenvalue weighted by atomic mass is 10.2. The van der Waals surface area contributed by atoms with Gasteiger partial charge in [0.05, 0.1) is 9.85 Å². The van der Waals surface area contributed by atoms with Crippen LogP contribution in [0.2, 0.25) is 0 Å². The molecule has 0 aliphatic heterocycles. The fraction of sp³-hybridized carbons (Fsp3) is 0. The summed E-state index contributed by atoms with van der Waals surface area (Å²) in [6.45, 7) is 0. The van der Waals surface area contributed by atoms with Crippen molar-refractivity contribution in [2.75, 3.05) is 5.32 Å². The van der Waals surface area contributed by atoms with Crippen LogP contribution in [0, 0.1) is 20.2 Å². The van der Waals surface area contributed by atoms with Crippen LogP contribution < -0.4 is 5.32 Å². The molecule has 0 aliphatic rings. The Morgan fingerprint density at radius 2 is 1.67 bits per heavy atom. The Morgan fingerprint density at radius 1 is 0.952 bits per heavy atom. The van der Waals surface area contributed by atoms with E-state index in [1.165, 1.54) is 42.5 Å². The Bertz CT molecular complexity index is 729. The van der Waals surface area contributed by atoms with Crippen molar-refractivity contribution in [1.82, 2.24) is 0 Å². The van der Waals surface area contributed by atoms with E-state index in [4.69, 9.17) is 0 Å². The van der Waals surface area contributed by atoms with Crippen molar-refractivity contribution < 1.29 is 14.6 Å². The van der Waals surface area contributed by atoms with Crippen molar-refractivity contribution in [2.24, 2.45) is 0 Å². The quantitative estimate of drug-likeness (QED) is 0.685. The number of nitrogens with one attached hydrogen (secondary N) is 1. The van der Waals surface area contributed by atoms with Crippen molar-refractivity contribution in [1.29, 1.82) is 0 Å². The molecule has 2 aromatic carbocycles. The summed E-state index contributed by atoms with van der Waals surface area (Å²) in [6.07, 6.45) is 0. The van der Waals surface area contributed by atoms with Gasteiger partial charge >= 0.3 is 0 Å². The smallest absolute Gasteiger partial charge is 0.292 e. The van der Waals surface area contributed by atoms with E-state index in [-0.39, 0.29) is 22.6 Å². The molecule has 8 nitrogen and oxygen atoms in total. The average molecular weight is 287 g/mol. The van der Waals surface area contributed by atoms with Gasteiger partial charge in [-0.2, -0.15) is 0 Å². The van der Waals surface area contributed by atoms with Gasteiger partial charge in [-0.1, -0.05) is 18.2 Å². The largest absolute Gasteiger partial charge is 0.316 e. The Hall–Kier alpha value is -3.29. The number of non-ortho nitro benzene ring substituents is 1. The minimum Gasteiger partial charge on any atom is -0.316 e. The molecule has 2 aromatic rings. The van der Waals surface area contributed by atoms with Crippen molar-refractivity contribution in [3.8, 4) is 0 Å². The van der Waals surface area contributed by atoms with Crippen molar-refractivity contribution in [3.63, 3.8) is 0 Å². The molecule has 0 aromatic heterocycles. The van der Waals surface area contributed by atoms with E-state index in [9.17, 15) is 25.0 Å². The highest BCUT2D eigenvalue weighted by atomic mass is 16.6. The molecule has 0 radical (unpaired) electrons. The first-order valence-corrected chi connectivity index (χ1v) is 5.78. The molecule has 0 atom stereocenters. The second kappa shape index (κ2) is 5.78. The molecule has 0 heterocycles. The molecular formula is C13H9N3O5. The normalized spacial score (nSPS) is 9.90. The lowest BCUT2D eigenvalue weighted by Gasteiger charge is -2.05. The van der Waals surface area contributed by atoms with Crippen LogP contribution in [-0.4, -0.2) is 15.8 Å². The number of benzene rings is 2. The van der Waals surface area contributed by atoms with Crippen LogP contribution in [0.4, 0.5) is 17.1 Å². The first-order chi connectivity index (χ1) is 9.99. The summed E-state index contributed by atoms with van der Waals surface area (Å²) in [5, 5.41) is 23.9. The molecule has 106 valence electrons. The van der Waals surface area contributed by atoms with Crippen LogP contribution in [0.25, 0.3) is 0 Å². The lowest BCUT2D eigenvalue weighted by molar-refractivity contribution is -0.384. The molecule has 2 rings (SSSR count). The number of amides is 1. The summed E-state index contributed by atoms with van der Waals surface area (Å²) in [6, 6.07) is 10.8. The number of carbonyl (C=O) groups is 1. The summed E-state index contributed by atoms with van der Waals surface area (Å²) in [5.41, 5.74) is -0.414. The molecule has 1 N–H and O–H groups in total. The van der Waals surface area contributed by atoms with Crippen LogP contribution in [0.1, 0.15) is 10.4 Å². The number of carbonyl (C=O) groups excluding carboxylic acids is 1. The van der Waals surface area contributed by atoms with Gasteiger partial charge in [0.25, 0.3) is 17.3 Å². The number of nitro groups is 2. The number of nitrogens with zero attached hydrogens (tertiary/aromatic N) is 2. The molecule has 0 saturated heterocycles. The summed E-state index contributed by atoms with van der Waals surface area (Å²) in [5.74, 6) is -0.659. The SMILES string of the molecule is O=C(Nc1ccccc1[N+](=O)[O-])c1cccc([N+](=O)[O-])c1. The number of rotatable bonds is 4. The monoisotopic (exact) mass is 287 g/mol. The maximum atomic E-state index is 12.0. The maximum absolute atomic E-state index is 12.0. The van der Waals surface area contributed by atoms with Gasteiger partial charge in [0.15, 0.2) is 0 Å². The van der Waals surface area contributed by atoms with Gasteiger partial charge in [0, 0.05) is 23.8 Å². The van der Waals surface area contributed by atoms with Crippen LogP contribution in [0.3, 0.4) is 0 Å². The molecular weight excluding hydrogens is 278 g/mol. The first-order valence-electron chi connectivity index (χ1n) is 5.78. The standard InChI is InChI=1S/C13H9N3O5/c17-13(9-4-3-5-10(8-9)15(18)19)14-11-6-1-2-7-12(11)16(20)21/h1-8H,(H,14,17). The van der Waals surface area contributed by atoms with Crippen LogP contribution in [0.5, 0.6) is 0 Å². The number of para-hydroxylation sites is 2. The van der Waals surface area contributed by atoms with Gasteiger partial charge in [0.1, 0.15) is 5.69 Å². The van der Waals surface area contributed by atoms with Gasteiger partial charge in [-0.25, -0.2) is 0 Å². The Morgan fingerprint density at radius 3 is 2.33 bits per heavy atom. The molecule has 0 aliphatic carbocycles. The average Bonchev–Trinajstić information content (AvgIpc) is 2.47. The predicted molar refractivity (Wildman–Crippen MR) is 74.1 cm³/mol. The number of nitro benzene ring substituents is 2. The topological polar surface area (TPSA) is 115 Å². The third kappa shape index (κ3) is 3.18. The van der Waals surface area contributed by atoms with E-state index in [1.54, 1.807) is 0 Å². The van der Waals surface area contributed by atoms with Gasteiger partial charge < -0.3 is 5.32 Å². The molecule has 0 saturated carbocycles. The van der Waals surface area contributed by atoms with Crippen molar-refractivity contribution in [2.45, 2.75) is 0 Å². The second-order valence-electron chi connectivity index (χ2n) is 4.04. The third-order valence-corrected chi connectivity index (χ3v) is 2.67. The fourth-order valence-electron chi connectivity index (χ4n) is 1.69. The van der Waals surface area contributed by atoms with Crippen molar-refractivity contribution >= 4 is 23.0 Å². The molecule has 8 heteroatoms. The zero-order valence-electron chi connectivity index (χ0n) is 10.6. The van der Waals surface area contributed by atoms with Gasteiger partial charge in [-0.15, -0.1) is 0 Å². The highest BCUT2D eigenvalue weighted by Crippen LogP contribution is 2.24. The summed E-state index contributed by atoms with van der Waals surface area (Å²) < 4.78 is 0. The molecule has 0 bridgehead atoms. The van der Waals surface area contributed by atoms with E-state index in [1.807, 2.05) is 0 Å². The van der Waals surface area contributed by atoms with E-state index >= 15 is 0 Å². The van der Waals surface area contributed by atoms with E-state index in [0.29, 0.717) is 0 Å². The third-order valence-electron chi connectivity index (χ3n) is 2.67. The molecule has 0 unspecified atom stereocenters. The second-order valence-corrected chi connectivity index (χ2v) is 4.04. The summed E-state index contributed by atoms with van der Waals surface area (Å²) in [7, 11) is 0. The highest BCUT2D eigenvalue weighted by Gasteiger charge is 2.17. The predicted octanol–water partition coefficient (Wildman–Crippen LogP) is 2.76. The Kier molecular flexibility index (Phi) is 3.89. The van der Waals surface area contributed by atoms with E-state index < -0.39 is 15.8 Å². The van der Waals surface area contributed by atoms with Gasteiger partial charge in [0.2, 0.25) is 0 Å². The molecule has 21 heavy (non-hydrogen) atoms. The summed E-state index contributed by atoms with van der Waals surface area (Å²) >= 11 is 0. The molecule has 0 fully saturated rings. The van der Waals surface area contributed by atoms with E-state index in [0.717, 1.165) is 6.07 Å². The van der Waals surface area contributed by atoms with Crippen LogP contribution in [0.15, 0.2) is 48.5 Å². The van der Waals surface area contributed by atoms with E-state index in [2.05, 4.69) is 5.32 Å². The number of hydrogen-bond donors (Lipinski definition) is 1. The minimum atomic E-state index is -0.659. The van der Waals surface area contributed by atoms with Gasteiger partial charge in [-0.05, 0) is 12.1 Å². The fourth-order valence-corrected chi connectivity index (χ4v) is 1.69.